The molecule has 17 heavy (non-hydrogen) atoms. The zero-order chi connectivity index (χ0) is 11.7. The quantitative estimate of drug-likeness (QED) is 0.692. The minimum absolute atomic E-state index is 0.590. The summed E-state index contributed by atoms with van der Waals surface area (Å²) in [6, 6.07) is 12.9. The molecule has 0 spiro atoms. The molecule has 0 amide bonds. The molecule has 0 aliphatic heterocycles. The lowest BCUT2D eigenvalue weighted by Crippen LogP contribution is -1.93. The van der Waals surface area contributed by atoms with Crippen molar-refractivity contribution in [2.24, 2.45) is 0 Å². The van der Waals surface area contributed by atoms with Crippen molar-refractivity contribution in [1.82, 2.24) is 0 Å². The average Bonchev–Trinajstić information content (AvgIpc) is 2.91. The van der Waals surface area contributed by atoms with Gasteiger partial charge in [0.05, 0.1) is 7.11 Å². The van der Waals surface area contributed by atoms with Crippen LogP contribution >= 0.6 is 0 Å². The molecule has 0 fully saturated rings. The molecular formula is C16H16O. The number of fused-ring (bicyclic) bond motifs is 1. The van der Waals surface area contributed by atoms with E-state index >= 15 is 0 Å². The fourth-order valence-electron chi connectivity index (χ4n) is 2.63. The minimum Gasteiger partial charge on any atom is -0.497 e. The van der Waals surface area contributed by atoms with Crippen LogP contribution in [0.1, 0.15) is 24.3 Å². The largest absolute Gasteiger partial charge is 0.497 e. The molecule has 1 unspecified atom stereocenters. The van der Waals surface area contributed by atoms with E-state index in [9.17, 15) is 0 Å². The summed E-state index contributed by atoms with van der Waals surface area (Å²) in [5, 5.41) is 2.62. The Hall–Kier alpha value is -1.76. The molecule has 0 saturated heterocycles. The lowest BCUT2D eigenvalue weighted by molar-refractivity contribution is 0.415. The lowest BCUT2D eigenvalue weighted by atomic mass is 9.93. The molecule has 2 aromatic rings. The molecule has 0 N–H and O–H groups in total. The third kappa shape index (κ3) is 1.82. The van der Waals surface area contributed by atoms with Crippen molar-refractivity contribution >= 4 is 10.8 Å². The van der Waals surface area contributed by atoms with Crippen molar-refractivity contribution in [2.75, 3.05) is 7.11 Å². The lowest BCUT2D eigenvalue weighted by Gasteiger charge is -2.12. The highest BCUT2D eigenvalue weighted by Crippen LogP contribution is 2.34. The summed E-state index contributed by atoms with van der Waals surface area (Å²) >= 11 is 0. The van der Waals surface area contributed by atoms with Crippen LogP contribution in [-0.4, -0.2) is 7.11 Å². The molecular weight excluding hydrogens is 208 g/mol. The summed E-state index contributed by atoms with van der Waals surface area (Å²) in [5.74, 6) is 1.52. The van der Waals surface area contributed by atoms with Crippen molar-refractivity contribution in [3.63, 3.8) is 0 Å². The van der Waals surface area contributed by atoms with E-state index in [1.807, 2.05) is 6.07 Å². The number of methoxy groups -OCH3 is 1. The van der Waals surface area contributed by atoms with E-state index < -0.39 is 0 Å². The van der Waals surface area contributed by atoms with Gasteiger partial charge in [-0.3, -0.25) is 0 Å². The molecule has 0 radical (unpaired) electrons. The third-order valence-electron chi connectivity index (χ3n) is 3.53. The second-order valence-corrected chi connectivity index (χ2v) is 4.55. The predicted molar refractivity (Wildman–Crippen MR) is 71.6 cm³/mol. The van der Waals surface area contributed by atoms with Crippen LogP contribution in [0.4, 0.5) is 0 Å². The second-order valence-electron chi connectivity index (χ2n) is 4.55. The van der Waals surface area contributed by atoms with Gasteiger partial charge in [0.1, 0.15) is 5.75 Å². The molecule has 1 atom stereocenters. The average molecular weight is 224 g/mol. The van der Waals surface area contributed by atoms with Gasteiger partial charge in [0.2, 0.25) is 0 Å². The zero-order valence-electron chi connectivity index (χ0n) is 10.0. The first-order valence-electron chi connectivity index (χ1n) is 6.12. The molecule has 0 bridgehead atoms. The Bertz CT molecular complexity index is 569. The summed E-state index contributed by atoms with van der Waals surface area (Å²) in [4.78, 5) is 0. The van der Waals surface area contributed by atoms with Gasteiger partial charge in [-0.25, -0.2) is 0 Å². The number of ether oxygens (including phenoxy) is 1. The fourth-order valence-corrected chi connectivity index (χ4v) is 2.63. The third-order valence-corrected chi connectivity index (χ3v) is 3.53. The predicted octanol–water partition coefficient (Wildman–Crippen LogP) is 4.28. The number of hydrogen-bond acceptors (Lipinski definition) is 1. The molecule has 1 aliphatic rings. The van der Waals surface area contributed by atoms with Gasteiger partial charge in [0.25, 0.3) is 0 Å². The van der Waals surface area contributed by atoms with Crippen LogP contribution in [0.3, 0.4) is 0 Å². The van der Waals surface area contributed by atoms with Crippen LogP contribution in [0.2, 0.25) is 0 Å². The Morgan fingerprint density at radius 3 is 2.88 bits per heavy atom. The van der Waals surface area contributed by atoms with E-state index in [0.29, 0.717) is 5.92 Å². The highest BCUT2D eigenvalue weighted by molar-refractivity contribution is 5.87. The van der Waals surface area contributed by atoms with Crippen LogP contribution in [0.25, 0.3) is 10.8 Å². The smallest absolute Gasteiger partial charge is 0.119 e. The number of hydrogen-bond donors (Lipinski definition) is 0. The van der Waals surface area contributed by atoms with E-state index in [4.69, 9.17) is 4.74 Å². The van der Waals surface area contributed by atoms with Gasteiger partial charge in [-0.15, -0.1) is 0 Å². The number of rotatable bonds is 2. The van der Waals surface area contributed by atoms with Gasteiger partial charge in [-0.1, -0.05) is 36.4 Å². The van der Waals surface area contributed by atoms with Crippen molar-refractivity contribution in [1.29, 1.82) is 0 Å². The molecule has 0 saturated carbocycles. The Kier molecular flexibility index (Phi) is 2.60. The topological polar surface area (TPSA) is 9.23 Å². The van der Waals surface area contributed by atoms with E-state index in [0.717, 1.165) is 5.75 Å². The van der Waals surface area contributed by atoms with Gasteiger partial charge < -0.3 is 4.74 Å². The normalized spacial score (nSPS) is 18.8. The summed E-state index contributed by atoms with van der Waals surface area (Å²) in [6.45, 7) is 0. The fraction of sp³-hybridized carbons (Fsp3) is 0.250. The zero-order valence-corrected chi connectivity index (χ0v) is 10.0. The molecule has 1 heteroatoms. The summed E-state index contributed by atoms with van der Waals surface area (Å²) in [6.07, 6.45) is 7.06. The minimum atomic E-state index is 0.590. The second kappa shape index (κ2) is 4.25. The van der Waals surface area contributed by atoms with Crippen molar-refractivity contribution in [2.45, 2.75) is 18.8 Å². The Morgan fingerprint density at radius 1 is 1.18 bits per heavy atom. The van der Waals surface area contributed by atoms with Gasteiger partial charge in [0, 0.05) is 5.92 Å². The summed E-state index contributed by atoms with van der Waals surface area (Å²) in [7, 11) is 1.71. The maximum Gasteiger partial charge on any atom is 0.119 e. The van der Waals surface area contributed by atoms with Gasteiger partial charge in [-0.2, -0.15) is 0 Å². The van der Waals surface area contributed by atoms with E-state index in [1.165, 1.54) is 29.2 Å². The van der Waals surface area contributed by atoms with Crippen LogP contribution < -0.4 is 4.74 Å². The van der Waals surface area contributed by atoms with Crippen LogP contribution in [-0.2, 0) is 0 Å². The van der Waals surface area contributed by atoms with Gasteiger partial charge in [0.15, 0.2) is 0 Å². The summed E-state index contributed by atoms with van der Waals surface area (Å²) < 4.78 is 5.27. The molecule has 1 nitrogen and oxygen atoms in total. The maximum atomic E-state index is 5.27. The highest BCUT2D eigenvalue weighted by atomic mass is 16.5. The van der Waals surface area contributed by atoms with Crippen LogP contribution in [0.5, 0.6) is 5.75 Å². The van der Waals surface area contributed by atoms with Crippen LogP contribution in [0, 0.1) is 0 Å². The first kappa shape index (κ1) is 10.4. The first-order valence-corrected chi connectivity index (χ1v) is 6.12. The molecule has 1 aliphatic carbocycles. The monoisotopic (exact) mass is 224 g/mol. The Morgan fingerprint density at radius 2 is 2.12 bits per heavy atom. The SMILES string of the molecule is COc1ccc2c(C3C=CCC3)cccc2c1. The van der Waals surface area contributed by atoms with E-state index in [2.05, 4.69) is 42.5 Å². The maximum absolute atomic E-state index is 5.27. The highest BCUT2D eigenvalue weighted by Gasteiger charge is 2.14. The first-order chi connectivity index (χ1) is 8.38. The molecule has 0 heterocycles. The van der Waals surface area contributed by atoms with Gasteiger partial charge in [-0.05, 0) is 41.3 Å². The van der Waals surface area contributed by atoms with Crippen molar-refractivity contribution < 1.29 is 4.74 Å². The van der Waals surface area contributed by atoms with E-state index in [1.54, 1.807) is 7.11 Å². The Balaban J connectivity index is 2.15. The molecule has 86 valence electrons. The van der Waals surface area contributed by atoms with E-state index in [-0.39, 0.29) is 0 Å². The standard InChI is InChI=1S/C16H16O/c1-17-14-9-10-16-13(11-14)7-4-8-15(16)12-5-2-3-6-12/h2,4-5,7-12H,3,6H2,1H3. The van der Waals surface area contributed by atoms with Gasteiger partial charge >= 0.3 is 0 Å². The Labute approximate surface area is 102 Å². The van der Waals surface area contributed by atoms with Crippen molar-refractivity contribution in [3.8, 4) is 5.75 Å². The summed E-state index contributed by atoms with van der Waals surface area (Å²) in [5.41, 5.74) is 1.44. The van der Waals surface area contributed by atoms with Crippen LogP contribution in [0.15, 0.2) is 48.6 Å². The molecule has 2 aromatic carbocycles. The number of allylic oxidation sites excluding steroid dienone is 2. The molecule has 0 aromatic heterocycles. The number of benzene rings is 2. The van der Waals surface area contributed by atoms with Crippen molar-refractivity contribution in [3.05, 3.63) is 54.1 Å². The molecule has 3 rings (SSSR count).